The Morgan fingerprint density at radius 1 is 1.56 bits per heavy atom. The molecule has 5 heteroatoms. The molecule has 0 bridgehead atoms. The van der Waals surface area contributed by atoms with Gasteiger partial charge in [-0.3, -0.25) is 4.79 Å². The highest BCUT2D eigenvalue weighted by Gasteiger charge is 2.12. The van der Waals surface area contributed by atoms with E-state index in [0.29, 0.717) is 24.2 Å². The molecular formula is C13H18N2O3. The maximum absolute atomic E-state index is 11.8. The zero-order valence-electron chi connectivity index (χ0n) is 10.6. The standard InChI is InChI=1S/C13H18N2O3/c1-8(2)11(16)3-5-14-13(17)10-7-12-9(15-10)4-6-18-12/h4,6-8,11,15-16H,3,5H2,1-2H3,(H,14,17). The van der Waals surface area contributed by atoms with E-state index in [-0.39, 0.29) is 17.9 Å². The van der Waals surface area contributed by atoms with E-state index < -0.39 is 0 Å². The first-order chi connectivity index (χ1) is 8.58. The van der Waals surface area contributed by atoms with E-state index in [2.05, 4.69) is 10.3 Å². The highest BCUT2D eigenvalue weighted by molar-refractivity contribution is 5.96. The van der Waals surface area contributed by atoms with Gasteiger partial charge in [-0.05, 0) is 12.3 Å². The van der Waals surface area contributed by atoms with Crippen LogP contribution in [0.5, 0.6) is 0 Å². The minimum atomic E-state index is -0.384. The van der Waals surface area contributed by atoms with Crippen molar-refractivity contribution in [2.24, 2.45) is 5.92 Å². The summed E-state index contributed by atoms with van der Waals surface area (Å²) in [5.41, 5.74) is 1.95. The number of nitrogens with one attached hydrogen (secondary N) is 2. The molecule has 2 heterocycles. The first kappa shape index (κ1) is 12.7. The Morgan fingerprint density at radius 2 is 2.33 bits per heavy atom. The molecule has 2 rings (SSSR count). The summed E-state index contributed by atoms with van der Waals surface area (Å²) in [6, 6.07) is 3.44. The van der Waals surface area contributed by atoms with Gasteiger partial charge in [-0.15, -0.1) is 0 Å². The van der Waals surface area contributed by atoms with Gasteiger partial charge in [-0.2, -0.15) is 0 Å². The lowest BCUT2D eigenvalue weighted by atomic mass is 10.0. The molecule has 0 spiro atoms. The molecule has 0 saturated carbocycles. The van der Waals surface area contributed by atoms with Crippen molar-refractivity contribution >= 4 is 17.0 Å². The topological polar surface area (TPSA) is 78.3 Å². The predicted molar refractivity (Wildman–Crippen MR) is 68.4 cm³/mol. The number of carbonyl (C=O) groups excluding carboxylic acids is 1. The van der Waals surface area contributed by atoms with Crippen molar-refractivity contribution in [3.8, 4) is 0 Å². The predicted octanol–water partition coefficient (Wildman–Crippen LogP) is 1.90. The Labute approximate surface area is 105 Å². The van der Waals surface area contributed by atoms with Gasteiger partial charge < -0.3 is 19.8 Å². The van der Waals surface area contributed by atoms with Gasteiger partial charge >= 0.3 is 0 Å². The average molecular weight is 250 g/mol. The van der Waals surface area contributed by atoms with E-state index in [4.69, 9.17) is 4.42 Å². The number of fused-ring (bicyclic) bond motifs is 1. The third-order valence-corrected chi connectivity index (χ3v) is 2.98. The molecule has 98 valence electrons. The molecule has 0 aliphatic heterocycles. The lowest BCUT2D eigenvalue weighted by molar-refractivity contribution is 0.0916. The summed E-state index contributed by atoms with van der Waals surface area (Å²) < 4.78 is 5.17. The van der Waals surface area contributed by atoms with Crippen LogP contribution in [0.4, 0.5) is 0 Å². The van der Waals surface area contributed by atoms with Gasteiger partial charge in [-0.25, -0.2) is 0 Å². The number of rotatable bonds is 5. The zero-order valence-corrected chi connectivity index (χ0v) is 10.6. The third-order valence-electron chi connectivity index (χ3n) is 2.98. The Morgan fingerprint density at radius 3 is 3.00 bits per heavy atom. The van der Waals surface area contributed by atoms with Crippen molar-refractivity contribution in [3.63, 3.8) is 0 Å². The molecule has 1 unspecified atom stereocenters. The quantitative estimate of drug-likeness (QED) is 0.758. The Bertz CT molecular complexity index is 499. The number of furan rings is 1. The van der Waals surface area contributed by atoms with Crippen molar-refractivity contribution in [3.05, 3.63) is 24.1 Å². The molecule has 1 atom stereocenters. The number of aromatic nitrogens is 1. The molecule has 1 amide bonds. The summed E-state index contributed by atoms with van der Waals surface area (Å²) in [5.74, 6) is 0.0204. The monoisotopic (exact) mass is 250 g/mol. The summed E-state index contributed by atoms with van der Waals surface area (Å²) in [6.45, 7) is 4.36. The number of aliphatic hydroxyl groups excluding tert-OH is 1. The van der Waals surface area contributed by atoms with Crippen molar-refractivity contribution in [2.45, 2.75) is 26.4 Å². The van der Waals surface area contributed by atoms with Crippen molar-refractivity contribution in [1.29, 1.82) is 0 Å². The van der Waals surface area contributed by atoms with E-state index in [1.54, 1.807) is 18.4 Å². The smallest absolute Gasteiger partial charge is 0.267 e. The Hall–Kier alpha value is -1.75. The van der Waals surface area contributed by atoms with E-state index in [0.717, 1.165) is 5.52 Å². The van der Waals surface area contributed by atoms with Crippen LogP contribution in [0.2, 0.25) is 0 Å². The molecule has 18 heavy (non-hydrogen) atoms. The SMILES string of the molecule is CC(C)C(O)CCNC(=O)c1cc2occc2[nH]1. The third kappa shape index (κ3) is 2.73. The van der Waals surface area contributed by atoms with Crippen LogP contribution in [0.15, 0.2) is 22.8 Å². The van der Waals surface area contributed by atoms with Gasteiger partial charge in [0, 0.05) is 18.7 Å². The van der Waals surface area contributed by atoms with Crippen LogP contribution in [0.1, 0.15) is 30.8 Å². The van der Waals surface area contributed by atoms with Gasteiger partial charge in [0.2, 0.25) is 0 Å². The Kier molecular flexibility index (Phi) is 3.72. The van der Waals surface area contributed by atoms with Gasteiger partial charge in [0.05, 0.1) is 17.9 Å². The van der Waals surface area contributed by atoms with Crippen LogP contribution in [-0.2, 0) is 0 Å². The minimum absolute atomic E-state index is 0.183. The van der Waals surface area contributed by atoms with Crippen molar-refractivity contribution < 1.29 is 14.3 Å². The molecule has 0 aliphatic carbocycles. The molecule has 0 aromatic carbocycles. The van der Waals surface area contributed by atoms with Crippen LogP contribution in [0, 0.1) is 5.92 Å². The van der Waals surface area contributed by atoms with Crippen molar-refractivity contribution in [2.75, 3.05) is 6.54 Å². The summed E-state index contributed by atoms with van der Waals surface area (Å²) in [4.78, 5) is 14.8. The minimum Gasteiger partial charge on any atom is -0.463 e. The second-order valence-electron chi connectivity index (χ2n) is 4.74. The number of hydrogen-bond acceptors (Lipinski definition) is 3. The van der Waals surface area contributed by atoms with Crippen LogP contribution >= 0.6 is 0 Å². The van der Waals surface area contributed by atoms with Crippen molar-refractivity contribution in [1.82, 2.24) is 10.3 Å². The molecule has 0 radical (unpaired) electrons. The van der Waals surface area contributed by atoms with E-state index >= 15 is 0 Å². The number of amides is 1. The second-order valence-corrected chi connectivity index (χ2v) is 4.74. The molecular weight excluding hydrogens is 232 g/mol. The fraction of sp³-hybridized carbons (Fsp3) is 0.462. The summed E-state index contributed by atoms with van der Waals surface area (Å²) in [7, 11) is 0. The van der Waals surface area contributed by atoms with Gasteiger partial charge in [0.25, 0.3) is 5.91 Å². The molecule has 0 fully saturated rings. The zero-order chi connectivity index (χ0) is 13.1. The average Bonchev–Trinajstić information content (AvgIpc) is 2.88. The molecule has 0 saturated heterocycles. The summed E-state index contributed by atoms with van der Waals surface area (Å²) >= 11 is 0. The van der Waals surface area contributed by atoms with E-state index in [1.165, 1.54) is 0 Å². The van der Waals surface area contributed by atoms with E-state index in [9.17, 15) is 9.90 Å². The molecule has 2 aromatic heterocycles. The maximum Gasteiger partial charge on any atom is 0.267 e. The normalized spacial score (nSPS) is 13.1. The second kappa shape index (κ2) is 5.27. The number of carbonyl (C=O) groups is 1. The highest BCUT2D eigenvalue weighted by atomic mass is 16.3. The number of aromatic amines is 1. The van der Waals surface area contributed by atoms with Gasteiger partial charge in [0.1, 0.15) is 5.69 Å². The molecule has 2 aromatic rings. The van der Waals surface area contributed by atoms with Crippen LogP contribution in [-0.4, -0.2) is 28.6 Å². The molecule has 0 aliphatic rings. The first-order valence-electron chi connectivity index (χ1n) is 6.10. The van der Waals surface area contributed by atoms with Gasteiger partial charge in [-0.1, -0.05) is 13.8 Å². The van der Waals surface area contributed by atoms with E-state index in [1.807, 2.05) is 13.8 Å². The number of H-pyrrole nitrogens is 1. The lowest BCUT2D eigenvalue weighted by Gasteiger charge is -2.14. The fourth-order valence-electron chi connectivity index (χ4n) is 1.73. The van der Waals surface area contributed by atoms with Crippen LogP contribution in [0.25, 0.3) is 11.1 Å². The number of hydrogen-bond donors (Lipinski definition) is 3. The molecule has 3 N–H and O–H groups in total. The van der Waals surface area contributed by atoms with Gasteiger partial charge in [0.15, 0.2) is 5.58 Å². The summed E-state index contributed by atoms with van der Waals surface area (Å²) in [6.07, 6.45) is 1.74. The van der Waals surface area contributed by atoms with Crippen LogP contribution < -0.4 is 5.32 Å². The lowest BCUT2D eigenvalue weighted by Crippen LogP contribution is -2.28. The maximum atomic E-state index is 11.8. The first-order valence-corrected chi connectivity index (χ1v) is 6.10. The largest absolute Gasteiger partial charge is 0.463 e. The fourth-order valence-corrected chi connectivity index (χ4v) is 1.73. The number of aliphatic hydroxyl groups is 1. The van der Waals surface area contributed by atoms with Crippen LogP contribution in [0.3, 0.4) is 0 Å². The molecule has 5 nitrogen and oxygen atoms in total. The summed E-state index contributed by atoms with van der Waals surface area (Å²) in [5, 5.41) is 12.4. The highest BCUT2D eigenvalue weighted by Crippen LogP contribution is 2.15. The Balaban J connectivity index is 1.87.